The topological polar surface area (TPSA) is 333 Å². The lowest BCUT2D eigenvalue weighted by Gasteiger charge is -2.17. The fourth-order valence-electron chi connectivity index (χ4n) is 12.6. The smallest absolute Gasteiger partial charge is 0.343 e. The molecule has 0 aliphatic heterocycles. The van der Waals surface area contributed by atoms with Gasteiger partial charge in [0.2, 0.25) is 0 Å². The van der Waals surface area contributed by atoms with Crippen LogP contribution in [0.5, 0.6) is 46.0 Å². The van der Waals surface area contributed by atoms with Crippen LogP contribution in [0.15, 0.2) is 172 Å². The van der Waals surface area contributed by atoms with E-state index < -0.39 is 59.6 Å². The van der Waals surface area contributed by atoms with Crippen molar-refractivity contribution in [3.63, 3.8) is 0 Å². The second-order valence-corrected chi connectivity index (χ2v) is 28.6. The highest BCUT2D eigenvalue weighted by Crippen LogP contribution is 2.36. The van der Waals surface area contributed by atoms with E-state index in [2.05, 4.69) is 26.3 Å². The molecule has 0 atom stereocenters. The number of hydrogen-bond acceptors (Lipinski definition) is 22. The SMILES string of the molecule is C=CC(=O)OCCCCCCCCCOc1ccc(C(=O)Oc2cc(CCCCCc3cc(OC(=O)c4ccc(OCCCCCCCCCOC(=O)C=C)cc4)cc(C(N)=O)c3OC(=O)c3ccc(OCCCCCCCCCOC(=O)C=C)cc3)c(OC(=O)c3ccc(OCCCCCCCCCOC(=O)C=C)cc3)c(C(N)=O)c2)cc1. The first-order valence-corrected chi connectivity index (χ1v) is 41.8. The van der Waals surface area contributed by atoms with Gasteiger partial charge in [-0.15, -0.1) is 0 Å². The van der Waals surface area contributed by atoms with Gasteiger partial charge in [0.25, 0.3) is 11.8 Å². The number of rotatable bonds is 64. The number of unbranched alkanes of at least 4 members (excludes halogenated alkanes) is 26. The molecule has 640 valence electrons. The van der Waals surface area contributed by atoms with E-state index in [0.717, 1.165) is 204 Å². The van der Waals surface area contributed by atoms with Crippen LogP contribution in [0.1, 0.15) is 272 Å². The third-order valence-electron chi connectivity index (χ3n) is 19.2. The van der Waals surface area contributed by atoms with Crippen LogP contribution >= 0.6 is 0 Å². The predicted molar refractivity (Wildman–Crippen MR) is 453 cm³/mol. The molecule has 0 heterocycles. The largest absolute Gasteiger partial charge is 0.494 e. The van der Waals surface area contributed by atoms with Crippen molar-refractivity contribution in [1.29, 1.82) is 0 Å². The molecule has 6 aromatic rings. The second kappa shape index (κ2) is 57.3. The van der Waals surface area contributed by atoms with Crippen molar-refractivity contribution < 1.29 is 105 Å². The Hall–Kier alpha value is -11.8. The fraction of sp³-hybridized carbons (Fsp3) is 0.432. The summed E-state index contributed by atoms with van der Waals surface area (Å²) < 4.78 is 68.1. The van der Waals surface area contributed by atoms with Crippen molar-refractivity contribution in [3.05, 3.63) is 216 Å². The first-order valence-electron chi connectivity index (χ1n) is 41.8. The Kier molecular flexibility index (Phi) is 46.2. The van der Waals surface area contributed by atoms with Crippen LogP contribution < -0.4 is 49.4 Å². The summed E-state index contributed by atoms with van der Waals surface area (Å²) in [5.41, 5.74) is 12.9. The number of primary amides is 2. The molecule has 0 aliphatic carbocycles. The van der Waals surface area contributed by atoms with Crippen LogP contribution in [0.25, 0.3) is 0 Å². The summed E-state index contributed by atoms with van der Waals surface area (Å²) >= 11 is 0. The zero-order valence-corrected chi connectivity index (χ0v) is 68.8. The maximum Gasteiger partial charge on any atom is 0.343 e. The first kappa shape index (κ1) is 96.0. The number of esters is 8. The Labute approximate surface area is 699 Å². The molecule has 2 amide bonds. The third kappa shape index (κ3) is 38.9. The Bertz CT molecular complexity index is 3920. The molecule has 0 unspecified atom stereocenters. The van der Waals surface area contributed by atoms with Gasteiger partial charge < -0.3 is 68.3 Å². The predicted octanol–water partition coefficient (Wildman–Crippen LogP) is 19.1. The van der Waals surface area contributed by atoms with Crippen molar-refractivity contribution in [2.75, 3.05) is 52.9 Å². The average molecular weight is 1640 g/mol. The summed E-state index contributed by atoms with van der Waals surface area (Å²) in [6, 6.07) is 31.1. The van der Waals surface area contributed by atoms with Gasteiger partial charge in [0.15, 0.2) is 0 Å². The number of hydrogen-bond donors (Lipinski definition) is 2. The number of aryl methyl sites for hydroxylation is 2. The van der Waals surface area contributed by atoms with Gasteiger partial charge in [-0.2, -0.15) is 0 Å². The first-order chi connectivity index (χ1) is 57.9. The van der Waals surface area contributed by atoms with E-state index in [0.29, 0.717) is 106 Å². The van der Waals surface area contributed by atoms with Gasteiger partial charge in [-0.1, -0.05) is 161 Å². The van der Waals surface area contributed by atoms with Crippen molar-refractivity contribution >= 4 is 59.6 Å². The summed E-state index contributed by atoms with van der Waals surface area (Å²) in [4.78, 5) is 128. The molecule has 0 aliphatic rings. The minimum absolute atomic E-state index is 0.0602. The summed E-state index contributed by atoms with van der Waals surface area (Å²) in [7, 11) is 0. The molecule has 6 rings (SSSR count). The summed E-state index contributed by atoms with van der Waals surface area (Å²) in [6.45, 7) is 17.0. The van der Waals surface area contributed by atoms with Crippen molar-refractivity contribution in [3.8, 4) is 46.0 Å². The Morgan fingerprint density at radius 2 is 0.445 bits per heavy atom. The molecule has 0 fully saturated rings. The summed E-state index contributed by atoms with van der Waals surface area (Å²) in [6.07, 6.45) is 32.5. The third-order valence-corrected chi connectivity index (χ3v) is 19.2. The molecule has 0 aromatic heterocycles. The molecule has 0 bridgehead atoms. The highest BCUT2D eigenvalue weighted by molar-refractivity contribution is 6.01. The number of benzene rings is 6. The number of carbonyl (C=O) groups excluding carboxylic acids is 10. The van der Waals surface area contributed by atoms with E-state index in [9.17, 15) is 47.9 Å². The van der Waals surface area contributed by atoms with Crippen molar-refractivity contribution in [2.45, 2.75) is 212 Å². The lowest BCUT2D eigenvalue weighted by molar-refractivity contribution is -0.138. The van der Waals surface area contributed by atoms with Gasteiger partial charge in [-0.25, -0.2) is 38.4 Å². The molecule has 4 N–H and O–H groups in total. The van der Waals surface area contributed by atoms with Gasteiger partial charge in [-0.3, -0.25) is 9.59 Å². The Balaban J connectivity index is 1.15. The fourth-order valence-corrected chi connectivity index (χ4v) is 12.6. The van der Waals surface area contributed by atoms with E-state index in [1.165, 1.54) is 24.3 Å². The number of nitrogens with two attached hydrogens (primary N) is 2. The van der Waals surface area contributed by atoms with Crippen LogP contribution in [0.4, 0.5) is 0 Å². The molecule has 24 nitrogen and oxygen atoms in total. The minimum atomic E-state index is -0.978. The van der Waals surface area contributed by atoms with E-state index in [4.69, 9.17) is 68.3 Å². The molecule has 24 heteroatoms. The Morgan fingerprint density at radius 3 is 0.664 bits per heavy atom. The van der Waals surface area contributed by atoms with Crippen molar-refractivity contribution in [1.82, 2.24) is 0 Å². The highest BCUT2D eigenvalue weighted by atomic mass is 16.6. The molecule has 6 aromatic carbocycles. The second-order valence-electron chi connectivity index (χ2n) is 28.6. The lowest BCUT2D eigenvalue weighted by Crippen LogP contribution is -2.18. The maximum atomic E-state index is 14.2. The quantitative estimate of drug-likeness (QED) is 0.0118. The highest BCUT2D eigenvalue weighted by Gasteiger charge is 2.26. The van der Waals surface area contributed by atoms with Crippen LogP contribution in [0.3, 0.4) is 0 Å². The zero-order chi connectivity index (χ0) is 85.5. The molecule has 0 radical (unpaired) electrons. The van der Waals surface area contributed by atoms with Crippen LogP contribution in [-0.4, -0.2) is 112 Å². The molecular weight excluding hydrogens is 1520 g/mol. The molecule has 0 saturated heterocycles. The molecule has 0 saturated carbocycles. The molecule has 0 spiro atoms. The van der Waals surface area contributed by atoms with E-state index >= 15 is 0 Å². The standard InChI is InChI=1S/C95H118N2O22/c1-5-84(98)112-62-36-25-17-9-13-21-32-58-108-76-50-42-70(43-51-76)92(104)116-80-66-74(88(82(68-80)90(96)102)118-94(106)72-46-54-78(55-47-72)110-60-34-23-15-11-19-27-38-64-114-86(100)7-3)40-30-29-31-41-75-67-81(117-93(105)71-44-52-77(53-45-71)109-59-33-22-14-10-18-26-37-63-113-85(99)6-2)69-83(91(97)103)89(75)119-95(107)73-48-56-79(57-49-73)111-61-35-24-16-12-20-28-39-65-115-87(101)8-4/h5-8,42-57,66-69H,1-4,9-41,58-65H2,(H2,96,102)(H2,97,103). The lowest BCUT2D eigenvalue weighted by atomic mass is 9.98. The van der Waals surface area contributed by atoms with E-state index in [-0.39, 0.29) is 69.2 Å². The summed E-state index contributed by atoms with van der Waals surface area (Å²) in [5, 5.41) is 0. The van der Waals surface area contributed by atoms with Crippen LogP contribution in [0.2, 0.25) is 0 Å². The number of amides is 2. The molecular formula is C95H118N2O22. The van der Waals surface area contributed by atoms with E-state index in [1.54, 1.807) is 97.1 Å². The summed E-state index contributed by atoms with van der Waals surface area (Å²) in [5.74, 6) is -5.04. The van der Waals surface area contributed by atoms with Crippen LogP contribution in [-0.2, 0) is 51.0 Å². The van der Waals surface area contributed by atoms with Gasteiger partial charge in [0.05, 0.1) is 86.2 Å². The van der Waals surface area contributed by atoms with Gasteiger partial charge in [-0.05, 0) is 210 Å². The van der Waals surface area contributed by atoms with Gasteiger partial charge in [0, 0.05) is 24.3 Å². The average Bonchev–Trinajstić information content (AvgIpc) is 0.804. The van der Waals surface area contributed by atoms with E-state index in [1.807, 2.05) is 0 Å². The zero-order valence-electron chi connectivity index (χ0n) is 68.8. The molecule has 119 heavy (non-hydrogen) atoms. The number of carbonyl (C=O) groups is 10. The van der Waals surface area contributed by atoms with Crippen molar-refractivity contribution in [2.24, 2.45) is 11.5 Å². The number of ether oxygens (including phenoxy) is 12. The Morgan fingerprint density at radius 1 is 0.244 bits per heavy atom. The normalized spacial score (nSPS) is 10.8. The maximum absolute atomic E-state index is 14.2. The van der Waals surface area contributed by atoms with Gasteiger partial charge in [0.1, 0.15) is 46.0 Å². The monoisotopic (exact) mass is 1640 g/mol. The van der Waals surface area contributed by atoms with Gasteiger partial charge >= 0.3 is 47.8 Å². The van der Waals surface area contributed by atoms with Crippen LogP contribution in [0, 0.1) is 0 Å². The minimum Gasteiger partial charge on any atom is -0.494 e.